The molecule has 3 heteroatoms. The Hall–Kier alpha value is -1.48. The lowest BCUT2D eigenvalue weighted by Crippen LogP contribution is -2.09. The highest BCUT2D eigenvalue weighted by atomic mass is 16.5. The van der Waals surface area contributed by atoms with Gasteiger partial charge in [0.1, 0.15) is 0 Å². The summed E-state index contributed by atoms with van der Waals surface area (Å²) in [5, 5.41) is 10.0. The van der Waals surface area contributed by atoms with Gasteiger partial charge in [-0.1, -0.05) is 26.8 Å². The third kappa shape index (κ3) is 1.70. The highest BCUT2D eigenvalue weighted by molar-refractivity contribution is 5.86. The maximum Gasteiger partial charge on any atom is 0.0623 e. The van der Waals surface area contributed by atoms with Gasteiger partial charge < -0.3 is 4.98 Å². The van der Waals surface area contributed by atoms with E-state index in [4.69, 9.17) is 5.21 Å². The van der Waals surface area contributed by atoms with Gasteiger partial charge in [-0.3, -0.25) is 10.7 Å². The lowest BCUT2D eigenvalue weighted by atomic mass is 9.87. The van der Waals surface area contributed by atoms with Crippen molar-refractivity contribution in [3.63, 3.8) is 0 Å². The van der Waals surface area contributed by atoms with Crippen molar-refractivity contribution in [3.05, 3.63) is 30.0 Å². The van der Waals surface area contributed by atoms with Crippen molar-refractivity contribution >= 4 is 16.6 Å². The average molecular weight is 204 g/mol. The minimum Gasteiger partial charge on any atom is -0.361 e. The van der Waals surface area contributed by atoms with E-state index < -0.39 is 0 Å². The number of anilines is 1. The largest absolute Gasteiger partial charge is 0.361 e. The molecule has 0 aliphatic rings. The molecule has 15 heavy (non-hydrogen) atoms. The molecule has 0 amide bonds. The van der Waals surface area contributed by atoms with Gasteiger partial charge in [0, 0.05) is 17.1 Å². The third-order valence-corrected chi connectivity index (χ3v) is 2.62. The van der Waals surface area contributed by atoms with Crippen molar-refractivity contribution in [2.24, 2.45) is 0 Å². The van der Waals surface area contributed by atoms with Crippen LogP contribution in [0.2, 0.25) is 0 Å². The van der Waals surface area contributed by atoms with Crippen molar-refractivity contribution in [3.8, 4) is 0 Å². The van der Waals surface area contributed by atoms with E-state index in [9.17, 15) is 0 Å². The Balaban J connectivity index is 2.62. The molecule has 0 unspecified atom stereocenters. The zero-order valence-electron chi connectivity index (χ0n) is 9.26. The van der Waals surface area contributed by atoms with Crippen LogP contribution in [-0.4, -0.2) is 10.2 Å². The Morgan fingerprint density at radius 2 is 2.00 bits per heavy atom. The number of hydrogen-bond donors (Lipinski definition) is 3. The Kier molecular flexibility index (Phi) is 2.20. The van der Waals surface area contributed by atoms with Crippen molar-refractivity contribution < 1.29 is 5.21 Å². The molecule has 1 heterocycles. The van der Waals surface area contributed by atoms with Crippen molar-refractivity contribution in [2.75, 3.05) is 5.48 Å². The lowest BCUT2D eigenvalue weighted by molar-refractivity contribution is 0.389. The molecule has 0 saturated heterocycles. The van der Waals surface area contributed by atoms with Gasteiger partial charge in [-0.05, 0) is 23.1 Å². The van der Waals surface area contributed by atoms with Gasteiger partial charge in [0.15, 0.2) is 0 Å². The number of rotatable bonds is 1. The standard InChI is InChI=1S/C12H16N2O/c1-12(2,3)10-7-13-11-6-8(14-15)4-5-9(10)11/h4-7,13-15H,1-3H3. The predicted molar refractivity (Wildman–Crippen MR) is 62.4 cm³/mol. The fourth-order valence-corrected chi connectivity index (χ4v) is 1.82. The first-order chi connectivity index (χ1) is 7.02. The van der Waals surface area contributed by atoms with Crippen LogP contribution in [0, 0.1) is 0 Å². The van der Waals surface area contributed by atoms with E-state index in [0.29, 0.717) is 5.69 Å². The second-order valence-electron chi connectivity index (χ2n) is 4.82. The topological polar surface area (TPSA) is 48.0 Å². The fraction of sp³-hybridized carbons (Fsp3) is 0.333. The summed E-state index contributed by atoms with van der Waals surface area (Å²) in [6, 6.07) is 5.78. The summed E-state index contributed by atoms with van der Waals surface area (Å²) in [7, 11) is 0. The number of fused-ring (bicyclic) bond motifs is 1. The third-order valence-electron chi connectivity index (χ3n) is 2.62. The van der Waals surface area contributed by atoms with Crippen LogP contribution in [0.5, 0.6) is 0 Å². The molecular weight excluding hydrogens is 188 g/mol. The van der Waals surface area contributed by atoms with E-state index in [1.54, 1.807) is 0 Å². The maximum absolute atomic E-state index is 8.80. The molecular formula is C12H16N2O. The van der Waals surface area contributed by atoms with E-state index in [1.807, 2.05) is 24.4 Å². The molecule has 80 valence electrons. The monoisotopic (exact) mass is 204 g/mol. The van der Waals surface area contributed by atoms with Gasteiger partial charge in [-0.25, -0.2) is 0 Å². The lowest BCUT2D eigenvalue weighted by Gasteiger charge is -2.17. The van der Waals surface area contributed by atoms with Crippen molar-refractivity contribution in [2.45, 2.75) is 26.2 Å². The quantitative estimate of drug-likeness (QED) is 0.624. The zero-order chi connectivity index (χ0) is 11.1. The van der Waals surface area contributed by atoms with Crippen molar-refractivity contribution in [1.82, 2.24) is 4.98 Å². The van der Waals surface area contributed by atoms with Crippen LogP contribution in [0.3, 0.4) is 0 Å². The smallest absolute Gasteiger partial charge is 0.0623 e. The molecule has 0 atom stereocenters. The molecule has 0 aliphatic heterocycles. The normalized spacial score (nSPS) is 12.0. The minimum absolute atomic E-state index is 0.131. The van der Waals surface area contributed by atoms with Gasteiger partial charge in [0.05, 0.1) is 5.69 Å². The molecule has 2 rings (SSSR count). The van der Waals surface area contributed by atoms with Gasteiger partial charge in [0.2, 0.25) is 0 Å². The van der Waals surface area contributed by atoms with Crippen molar-refractivity contribution in [1.29, 1.82) is 0 Å². The van der Waals surface area contributed by atoms with Gasteiger partial charge in [-0.15, -0.1) is 0 Å². The molecule has 1 aromatic carbocycles. The highest BCUT2D eigenvalue weighted by Gasteiger charge is 2.17. The summed E-state index contributed by atoms with van der Waals surface area (Å²) in [6.45, 7) is 6.56. The first-order valence-corrected chi connectivity index (χ1v) is 5.04. The molecule has 3 N–H and O–H groups in total. The molecule has 0 bridgehead atoms. The molecule has 2 aromatic rings. The number of benzene rings is 1. The first-order valence-electron chi connectivity index (χ1n) is 5.04. The van der Waals surface area contributed by atoms with Crippen LogP contribution >= 0.6 is 0 Å². The summed E-state index contributed by atoms with van der Waals surface area (Å²) >= 11 is 0. The Morgan fingerprint density at radius 1 is 1.27 bits per heavy atom. The Labute approximate surface area is 89.1 Å². The average Bonchev–Trinajstić information content (AvgIpc) is 2.59. The second-order valence-corrected chi connectivity index (χ2v) is 4.82. The molecule has 0 aliphatic carbocycles. The number of aromatic nitrogens is 1. The first kappa shape index (κ1) is 10.1. The molecule has 0 radical (unpaired) electrons. The van der Waals surface area contributed by atoms with Crippen LogP contribution in [0.1, 0.15) is 26.3 Å². The molecule has 0 fully saturated rings. The predicted octanol–water partition coefficient (Wildman–Crippen LogP) is 3.27. The highest BCUT2D eigenvalue weighted by Crippen LogP contribution is 2.30. The maximum atomic E-state index is 8.80. The van der Waals surface area contributed by atoms with E-state index in [-0.39, 0.29) is 5.41 Å². The molecule has 3 nitrogen and oxygen atoms in total. The molecule has 1 aromatic heterocycles. The van der Waals surface area contributed by atoms with Crippen LogP contribution in [0.4, 0.5) is 5.69 Å². The summed E-state index contributed by atoms with van der Waals surface area (Å²) in [4.78, 5) is 3.22. The second kappa shape index (κ2) is 3.28. The minimum atomic E-state index is 0.131. The number of hydrogen-bond acceptors (Lipinski definition) is 2. The number of aromatic amines is 1. The Bertz CT molecular complexity index is 480. The number of H-pyrrole nitrogens is 1. The summed E-state index contributed by atoms with van der Waals surface area (Å²) in [5.74, 6) is 0. The summed E-state index contributed by atoms with van der Waals surface area (Å²) < 4.78 is 0. The van der Waals surface area contributed by atoms with Gasteiger partial charge in [-0.2, -0.15) is 0 Å². The van der Waals surface area contributed by atoms with E-state index >= 15 is 0 Å². The van der Waals surface area contributed by atoms with Crippen LogP contribution in [0.15, 0.2) is 24.4 Å². The van der Waals surface area contributed by atoms with Gasteiger partial charge in [0.25, 0.3) is 0 Å². The fourth-order valence-electron chi connectivity index (χ4n) is 1.82. The number of nitrogens with one attached hydrogen (secondary N) is 2. The van der Waals surface area contributed by atoms with E-state index in [1.165, 1.54) is 10.9 Å². The molecule has 0 spiro atoms. The summed E-state index contributed by atoms with van der Waals surface area (Å²) in [6.07, 6.45) is 2.03. The molecule has 0 saturated carbocycles. The van der Waals surface area contributed by atoms with Gasteiger partial charge >= 0.3 is 0 Å². The Morgan fingerprint density at radius 3 is 2.60 bits per heavy atom. The van der Waals surface area contributed by atoms with E-state index in [2.05, 4.69) is 31.2 Å². The van der Waals surface area contributed by atoms with E-state index in [0.717, 1.165) is 5.52 Å². The van der Waals surface area contributed by atoms with Crippen LogP contribution in [0.25, 0.3) is 10.9 Å². The SMILES string of the molecule is CC(C)(C)c1c[nH]c2cc(NO)ccc12. The summed E-state index contributed by atoms with van der Waals surface area (Å²) in [5.41, 5.74) is 5.31. The zero-order valence-corrected chi connectivity index (χ0v) is 9.26. The van der Waals surface area contributed by atoms with Crippen LogP contribution in [-0.2, 0) is 5.41 Å². The van der Waals surface area contributed by atoms with Crippen LogP contribution < -0.4 is 5.48 Å².